The molecule has 6 heteroatoms. The van der Waals surface area contributed by atoms with Crippen molar-refractivity contribution in [3.8, 4) is 5.75 Å². The first-order chi connectivity index (χ1) is 12.1. The van der Waals surface area contributed by atoms with Gasteiger partial charge in [0.15, 0.2) is 6.54 Å². The third-order valence-corrected chi connectivity index (χ3v) is 6.46. The number of rotatable bonds is 3. The summed E-state index contributed by atoms with van der Waals surface area (Å²) in [7, 11) is 1.67. The van der Waals surface area contributed by atoms with Gasteiger partial charge in [-0.25, -0.2) is 9.48 Å². The molecule has 2 aromatic carbocycles. The number of hydrogen-bond donors (Lipinski definition) is 1. The van der Waals surface area contributed by atoms with Crippen molar-refractivity contribution in [1.82, 2.24) is 0 Å². The topological polar surface area (TPSA) is 35.7 Å². The molecule has 2 aliphatic heterocycles. The van der Waals surface area contributed by atoms with Crippen molar-refractivity contribution in [2.75, 3.05) is 30.9 Å². The van der Waals surface area contributed by atoms with Gasteiger partial charge in [-0.05, 0) is 54.6 Å². The number of thioether (sulfide) groups is 1. The summed E-state index contributed by atoms with van der Waals surface area (Å²) in [4.78, 5) is 2.21. The van der Waals surface area contributed by atoms with E-state index in [1.54, 1.807) is 7.11 Å². The molecule has 0 saturated carbocycles. The van der Waals surface area contributed by atoms with Crippen LogP contribution in [0, 0.1) is 0 Å². The smallest absolute Gasteiger partial charge is 0.316 e. The first-order valence-corrected chi connectivity index (χ1v) is 10.1. The van der Waals surface area contributed by atoms with Crippen LogP contribution >= 0.6 is 27.7 Å². The number of methoxy groups -OCH3 is 1. The third-order valence-electron chi connectivity index (χ3n) is 4.73. The molecule has 0 unspecified atom stereocenters. The molecule has 1 N–H and O–H groups in total. The summed E-state index contributed by atoms with van der Waals surface area (Å²) in [6, 6.07) is 16.0. The number of ether oxygens (including phenoxy) is 1. The van der Waals surface area contributed by atoms with Crippen molar-refractivity contribution in [3.05, 3.63) is 58.6 Å². The second kappa shape index (κ2) is 6.67. The molecule has 0 radical (unpaired) electrons. The van der Waals surface area contributed by atoms with Gasteiger partial charge in [-0.2, -0.15) is 0 Å². The van der Waals surface area contributed by atoms with Gasteiger partial charge in [0.2, 0.25) is 0 Å². The number of β-amino-alcohol motifs (C(OH)–C–C–N with tert-alkyl or cyclic N) is 1. The van der Waals surface area contributed by atoms with Gasteiger partial charge in [-0.15, -0.1) is 0 Å². The molecule has 0 saturated heterocycles. The number of nitrogens with zero attached hydrogens (tertiary/aromatic N) is 2. The SMILES string of the molecule is COc1ccc(N2C[C@@](O)(c3ccc(Br)cc3)[N+]3=C2SCCC3)cc1. The molecule has 2 aliphatic rings. The lowest BCUT2D eigenvalue weighted by molar-refractivity contribution is -0.656. The van der Waals surface area contributed by atoms with Crippen molar-refractivity contribution in [2.24, 2.45) is 0 Å². The first-order valence-electron chi connectivity index (χ1n) is 8.29. The largest absolute Gasteiger partial charge is 0.497 e. The monoisotopic (exact) mass is 419 g/mol. The molecule has 0 bridgehead atoms. The fourth-order valence-corrected chi connectivity index (χ4v) is 4.87. The Morgan fingerprint density at radius 2 is 1.88 bits per heavy atom. The summed E-state index contributed by atoms with van der Waals surface area (Å²) >= 11 is 5.29. The van der Waals surface area contributed by atoms with Crippen LogP contribution in [0.2, 0.25) is 0 Å². The molecule has 0 amide bonds. The molecule has 25 heavy (non-hydrogen) atoms. The van der Waals surface area contributed by atoms with Gasteiger partial charge in [0, 0.05) is 15.8 Å². The average molecular weight is 420 g/mol. The predicted octanol–water partition coefficient (Wildman–Crippen LogP) is 3.63. The zero-order chi connectivity index (χ0) is 17.4. The minimum atomic E-state index is -1.01. The lowest BCUT2D eigenvalue weighted by Crippen LogP contribution is -2.41. The Bertz CT molecular complexity index is 807. The number of aliphatic hydroxyl groups is 1. The standard InChI is InChI=1S/C19H20BrN2O2S/c1-24-17-9-7-16(8-10-17)21-13-19(23,14-3-5-15(20)6-4-14)22-11-2-12-25-18(21)22/h3-10,23H,2,11-13H2,1H3/q+1/t19-/m1/s1. The molecule has 130 valence electrons. The highest BCUT2D eigenvalue weighted by Crippen LogP contribution is 2.38. The maximum atomic E-state index is 11.6. The molecular formula is C19H20BrN2O2S+. The quantitative estimate of drug-likeness (QED) is 0.770. The highest BCUT2D eigenvalue weighted by atomic mass is 79.9. The van der Waals surface area contributed by atoms with Gasteiger partial charge in [0.05, 0.1) is 13.7 Å². The van der Waals surface area contributed by atoms with Gasteiger partial charge >= 0.3 is 5.17 Å². The molecule has 4 nitrogen and oxygen atoms in total. The molecule has 2 heterocycles. The summed E-state index contributed by atoms with van der Waals surface area (Å²) in [5, 5.41) is 12.7. The van der Waals surface area contributed by atoms with E-state index >= 15 is 0 Å². The van der Waals surface area contributed by atoms with Crippen LogP contribution < -0.4 is 9.64 Å². The van der Waals surface area contributed by atoms with E-state index in [2.05, 4.69) is 25.4 Å². The van der Waals surface area contributed by atoms with Gasteiger partial charge in [0.1, 0.15) is 11.4 Å². The first kappa shape index (κ1) is 16.9. The van der Waals surface area contributed by atoms with E-state index in [0.717, 1.165) is 45.4 Å². The molecule has 0 aliphatic carbocycles. The van der Waals surface area contributed by atoms with Crippen molar-refractivity contribution in [1.29, 1.82) is 0 Å². The molecule has 0 spiro atoms. The van der Waals surface area contributed by atoms with Crippen molar-refractivity contribution in [2.45, 2.75) is 12.1 Å². The van der Waals surface area contributed by atoms with E-state index in [4.69, 9.17) is 4.74 Å². The Balaban J connectivity index is 1.75. The second-order valence-electron chi connectivity index (χ2n) is 6.24. The third kappa shape index (κ3) is 2.96. The molecular weight excluding hydrogens is 400 g/mol. The normalized spacial score (nSPS) is 22.9. The van der Waals surface area contributed by atoms with E-state index in [-0.39, 0.29) is 0 Å². The lowest BCUT2D eigenvalue weighted by atomic mass is 10.0. The minimum absolute atomic E-state index is 0.517. The molecule has 4 rings (SSSR count). The number of halogens is 1. The Kier molecular flexibility index (Phi) is 4.52. The summed E-state index contributed by atoms with van der Waals surface area (Å²) in [5.41, 5.74) is 0.985. The van der Waals surface area contributed by atoms with Crippen molar-refractivity contribution >= 4 is 38.5 Å². The summed E-state index contributed by atoms with van der Waals surface area (Å²) in [6.45, 7) is 1.38. The predicted molar refractivity (Wildman–Crippen MR) is 106 cm³/mol. The van der Waals surface area contributed by atoms with Crippen LogP contribution in [0.25, 0.3) is 0 Å². The van der Waals surface area contributed by atoms with Crippen LogP contribution in [0.15, 0.2) is 53.0 Å². The molecule has 2 aromatic rings. The number of benzene rings is 2. The second-order valence-corrected chi connectivity index (χ2v) is 8.22. The summed E-state index contributed by atoms with van der Waals surface area (Å²) < 4.78 is 8.43. The summed E-state index contributed by atoms with van der Waals surface area (Å²) in [5.74, 6) is 1.92. The number of amidine groups is 1. The fraction of sp³-hybridized carbons (Fsp3) is 0.316. The van der Waals surface area contributed by atoms with Crippen molar-refractivity contribution in [3.63, 3.8) is 0 Å². The zero-order valence-corrected chi connectivity index (χ0v) is 16.4. The lowest BCUT2D eigenvalue weighted by Gasteiger charge is -2.24. The van der Waals surface area contributed by atoms with Gasteiger partial charge < -0.3 is 9.84 Å². The van der Waals surface area contributed by atoms with Crippen molar-refractivity contribution < 1.29 is 14.4 Å². The van der Waals surface area contributed by atoms with E-state index in [0.29, 0.717) is 6.54 Å². The number of hydrogen-bond acceptors (Lipinski definition) is 4. The van der Waals surface area contributed by atoms with Crippen LogP contribution in [-0.2, 0) is 5.72 Å². The van der Waals surface area contributed by atoms with Crippen LogP contribution in [0.3, 0.4) is 0 Å². The Morgan fingerprint density at radius 1 is 1.16 bits per heavy atom. The van der Waals surface area contributed by atoms with Gasteiger partial charge in [-0.3, -0.25) is 0 Å². The average Bonchev–Trinajstić information content (AvgIpc) is 2.97. The maximum absolute atomic E-state index is 11.6. The van der Waals surface area contributed by atoms with E-state index in [1.165, 1.54) is 0 Å². The Morgan fingerprint density at radius 3 is 2.56 bits per heavy atom. The van der Waals surface area contributed by atoms with Crippen LogP contribution in [0.5, 0.6) is 5.75 Å². The highest BCUT2D eigenvalue weighted by molar-refractivity contribution is 9.10. The maximum Gasteiger partial charge on any atom is 0.316 e. The molecule has 0 fully saturated rings. The minimum Gasteiger partial charge on any atom is -0.497 e. The molecule has 1 atom stereocenters. The van der Waals surface area contributed by atoms with Crippen LogP contribution in [0.1, 0.15) is 12.0 Å². The fourth-order valence-electron chi connectivity index (χ4n) is 3.43. The van der Waals surface area contributed by atoms with Gasteiger partial charge in [-0.1, -0.05) is 28.1 Å². The molecule has 0 aromatic heterocycles. The van der Waals surface area contributed by atoms with E-state index in [1.807, 2.05) is 60.3 Å². The Labute approximate surface area is 160 Å². The van der Waals surface area contributed by atoms with Crippen LogP contribution in [-0.4, -0.2) is 40.8 Å². The Hall–Kier alpha value is -1.50. The number of anilines is 1. The summed E-state index contributed by atoms with van der Waals surface area (Å²) in [6.07, 6.45) is 1.07. The van der Waals surface area contributed by atoms with Crippen LogP contribution in [0.4, 0.5) is 5.69 Å². The van der Waals surface area contributed by atoms with E-state index in [9.17, 15) is 5.11 Å². The van der Waals surface area contributed by atoms with E-state index < -0.39 is 5.72 Å². The van der Waals surface area contributed by atoms with Gasteiger partial charge in [0.25, 0.3) is 5.72 Å². The zero-order valence-electron chi connectivity index (χ0n) is 14.0. The highest BCUT2D eigenvalue weighted by Gasteiger charge is 2.53.